The zero-order chi connectivity index (χ0) is 25.9. The van der Waals surface area contributed by atoms with Gasteiger partial charge < -0.3 is 0 Å². The molecule has 206 valence electrons. The summed E-state index contributed by atoms with van der Waals surface area (Å²) in [6, 6.07) is 2.83. The second-order valence-electron chi connectivity index (χ2n) is 15.1. The Balaban J connectivity index is 1.22. The molecule has 2 nitrogen and oxygen atoms in total. The molecule has 0 bridgehead atoms. The molecule has 1 spiro atoms. The van der Waals surface area contributed by atoms with Gasteiger partial charge in [-0.05, 0) is 98.7 Å². The lowest BCUT2D eigenvalue weighted by atomic mass is 9.19. The minimum atomic E-state index is 0.290. The summed E-state index contributed by atoms with van der Waals surface area (Å²) in [6.07, 6.45) is 35.7. The first-order valence-corrected chi connectivity index (χ1v) is 17.7. The maximum absolute atomic E-state index is 3.25. The van der Waals surface area contributed by atoms with E-state index in [0.717, 1.165) is 42.3 Å². The highest BCUT2D eigenvalue weighted by Crippen LogP contribution is 2.72. The lowest BCUT2D eigenvalue weighted by molar-refractivity contribution is -0.0402. The zero-order valence-electron chi connectivity index (χ0n) is 24.2. The van der Waals surface area contributed by atoms with Crippen molar-refractivity contribution in [3.8, 4) is 0 Å². The average Bonchev–Trinajstić information content (AvgIpc) is 3.44. The maximum atomic E-state index is 3.25. The minimum Gasteiger partial charge on any atom is -0.288 e. The lowest BCUT2D eigenvalue weighted by Crippen LogP contribution is -2.72. The Bertz CT molecular complexity index is 1200. The molecular weight excluding hydrogens is 491 g/mol. The van der Waals surface area contributed by atoms with Gasteiger partial charge in [0.15, 0.2) is 6.71 Å². The summed E-state index contributed by atoms with van der Waals surface area (Å²) in [5.74, 6) is 2.42. The van der Waals surface area contributed by atoms with Crippen LogP contribution in [-0.2, 0) is 0 Å². The van der Waals surface area contributed by atoms with Crippen LogP contribution in [0.1, 0.15) is 97.3 Å². The third-order valence-electron chi connectivity index (χ3n) is 13.7. The Morgan fingerprint density at radius 1 is 0.949 bits per heavy atom. The number of hydrogen-bond donors (Lipinski definition) is 0. The van der Waals surface area contributed by atoms with Gasteiger partial charge in [-0.15, -0.1) is 11.8 Å². The van der Waals surface area contributed by atoms with E-state index < -0.39 is 0 Å². The van der Waals surface area contributed by atoms with E-state index in [1.807, 2.05) is 5.57 Å². The van der Waals surface area contributed by atoms with E-state index in [1.54, 1.807) is 10.5 Å². The third-order valence-corrected chi connectivity index (χ3v) is 15.2. The smallest absolute Gasteiger partial charge is 0.163 e. The number of thioether (sulfide) groups is 1. The van der Waals surface area contributed by atoms with Crippen molar-refractivity contribution in [1.29, 1.82) is 0 Å². The van der Waals surface area contributed by atoms with Gasteiger partial charge in [0.05, 0.1) is 5.37 Å². The zero-order valence-corrected chi connectivity index (χ0v) is 25.0. The molecule has 3 saturated heterocycles. The Kier molecular flexibility index (Phi) is 5.54. The number of fused-ring (bicyclic) bond motifs is 6. The monoisotopic (exact) mass is 538 g/mol. The van der Waals surface area contributed by atoms with Crippen molar-refractivity contribution < 1.29 is 0 Å². The molecule has 8 atom stereocenters. The normalized spacial score (nSPS) is 45.2. The highest BCUT2D eigenvalue weighted by Gasteiger charge is 2.72. The molecule has 4 aliphatic heterocycles. The van der Waals surface area contributed by atoms with Crippen LogP contribution >= 0.6 is 11.8 Å². The number of nitrogens with zero attached hydrogens (tertiary/aromatic N) is 2. The van der Waals surface area contributed by atoms with Crippen molar-refractivity contribution in [2.75, 3.05) is 0 Å². The SMILES string of the molecule is CC1(C)N2C3CCCC4C3B(C3CCC=C(C32)C12CCCCC2)C1C2=C(CCC=C2)SC1N4C1C=CC=CC1. The maximum Gasteiger partial charge on any atom is 0.163 e. The fourth-order valence-electron chi connectivity index (χ4n) is 12.5. The second-order valence-corrected chi connectivity index (χ2v) is 16.3. The highest BCUT2D eigenvalue weighted by atomic mass is 32.2. The Hall–Kier alpha value is -0.965. The van der Waals surface area contributed by atoms with Gasteiger partial charge >= 0.3 is 0 Å². The van der Waals surface area contributed by atoms with Crippen LogP contribution in [0.25, 0.3) is 0 Å². The first-order valence-electron chi connectivity index (χ1n) is 16.8. The second kappa shape index (κ2) is 8.77. The van der Waals surface area contributed by atoms with Crippen molar-refractivity contribution >= 4 is 18.5 Å². The first-order chi connectivity index (χ1) is 19.1. The van der Waals surface area contributed by atoms with Gasteiger partial charge in [-0.1, -0.05) is 74.6 Å². The van der Waals surface area contributed by atoms with E-state index in [-0.39, 0.29) is 0 Å². The summed E-state index contributed by atoms with van der Waals surface area (Å²) in [6.45, 7) is 6.30. The predicted octanol–water partition coefficient (Wildman–Crippen LogP) is 8.54. The van der Waals surface area contributed by atoms with Gasteiger partial charge in [0.2, 0.25) is 0 Å². The average molecular weight is 539 g/mol. The largest absolute Gasteiger partial charge is 0.288 e. The molecule has 9 rings (SSSR count). The van der Waals surface area contributed by atoms with Crippen LogP contribution in [0.4, 0.5) is 0 Å². The van der Waals surface area contributed by atoms with E-state index in [2.05, 4.69) is 77.9 Å². The standard InChI is InChI=1S/C35H47BN2S/c1-34(2)35(21-9-4-10-22-35)25-16-11-17-26-32(25)38(34)28-19-12-18-27-31(28)36(26)30-24-15-7-8-20-29(24)39-33(30)37(27)23-13-5-3-6-14-23/h3,5-7,13,15-16,23,26-28,30-33H,4,8-12,14,17-22H2,1-2H3. The van der Waals surface area contributed by atoms with Gasteiger partial charge in [-0.3, -0.25) is 9.80 Å². The molecule has 5 fully saturated rings. The molecule has 4 heterocycles. The molecule has 39 heavy (non-hydrogen) atoms. The van der Waals surface area contributed by atoms with Crippen LogP contribution < -0.4 is 0 Å². The van der Waals surface area contributed by atoms with Crippen molar-refractivity contribution in [3.05, 3.63) is 58.6 Å². The molecule has 2 saturated carbocycles. The van der Waals surface area contributed by atoms with E-state index in [1.165, 1.54) is 83.5 Å². The van der Waals surface area contributed by atoms with Gasteiger partial charge in [0.1, 0.15) is 0 Å². The van der Waals surface area contributed by atoms with Crippen LogP contribution in [0.2, 0.25) is 17.5 Å². The van der Waals surface area contributed by atoms with Crippen LogP contribution in [-0.4, -0.2) is 51.6 Å². The summed E-state index contributed by atoms with van der Waals surface area (Å²) >= 11 is 2.33. The topological polar surface area (TPSA) is 6.48 Å². The first kappa shape index (κ1) is 24.6. The molecule has 0 amide bonds. The summed E-state index contributed by atoms with van der Waals surface area (Å²) in [5.41, 5.74) is 4.46. The molecule has 0 aromatic rings. The van der Waals surface area contributed by atoms with Gasteiger partial charge in [0.25, 0.3) is 0 Å². The molecule has 9 aliphatic rings. The van der Waals surface area contributed by atoms with Gasteiger partial charge in [-0.25, -0.2) is 0 Å². The third kappa shape index (κ3) is 3.10. The molecule has 4 heteroatoms. The highest BCUT2D eigenvalue weighted by molar-refractivity contribution is 8.04. The lowest BCUT2D eigenvalue weighted by Gasteiger charge is -2.66. The fraction of sp³-hybridized carbons (Fsp3) is 0.714. The number of allylic oxidation sites excluding steroid dienone is 6. The van der Waals surface area contributed by atoms with E-state index in [9.17, 15) is 0 Å². The summed E-state index contributed by atoms with van der Waals surface area (Å²) in [7, 11) is 0. The Morgan fingerprint density at radius 3 is 2.67 bits per heavy atom. The summed E-state index contributed by atoms with van der Waals surface area (Å²) in [4.78, 5) is 8.16. The quantitative estimate of drug-likeness (QED) is 0.244. The van der Waals surface area contributed by atoms with Gasteiger partial charge in [0, 0.05) is 35.1 Å². The van der Waals surface area contributed by atoms with Crippen molar-refractivity contribution in [3.63, 3.8) is 0 Å². The number of hydrogen-bond acceptors (Lipinski definition) is 3. The molecule has 5 aliphatic carbocycles. The van der Waals surface area contributed by atoms with Crippen molar-refractivity contribution in [2.24, 2.45) is 5.41 Å². The van der Waals surface area contributed by atoms with Gasteiger partial charge in [-0.2, -0.15) is 0 Å². The summed E-state index contributed by atoms with van der Waals surface area (Å²) < 4.78 is 0. The van der Waals surface area contributed by atoms with Crippen LogP contribution in [0, 0.1) is 5.41 Å². The molecule has 0 aromatic carbocycles. The summed E-state index contributed by atoms with van der Waals surface area (Å²) in [5, 5.41) is 0.655. The molecule has 0 aromatic heterocycles. The molecule has 0 N–H and O–H groups in total. The number of rotatable bonds is 1. The van der Waals surface area contributed by atoms with Crippen LogP contribution in [0.3, 0.4) is 0 Å². The van der Waals surface area contributed by atoms with Crippen molar-refractivity contribution in [2.45, 2.75) is 150 Å². The molecular formula is C35H47BN2S. The van der Waals surface area contributed by atoms with E-state index in [0.29, 0.717) is 22.4 Å². The van der Waals surface area contributed by atoms with Crippen molar-refractivity contribution in [1.82, 2.24) is 9.80 Å². The predicted molar refractivity (Wildman–Crippen MR) is 166 cm³/mol. The van der Waals surface area contributed by atoms with E-state index >= 15 is 0 Å². The molecule has 0 radical (unpaired) electrons. The van der Waals surface area contributed by atoms with E-state index in [4.69, 9.17) is 0 Å². The van der Waals surface area contributed by atoms with Crippen LogP contribution in [0.15, 0.2) is 58.6 Å². The fourth-order valence-corrected chi connectivity index (χ4v) is 14.2. The Labute approximate surface area is 241 Å². The Morgan fingerprint density at radius 2 is 1.82 bits per heavy atom. The van der Waals surface area contributed by atoms with Crippen LogP contribution in [0.5, 0.6) is 0 Å². The minimum absolute atomic E-state index is 0.290. The molecule has 8 unspecified atom stereocenters.